The number of fused-ring (bicyclic) bond motifs is 1. The lowest BCUT2D eigenvalue weighted by atomic mass is 10.2. The van der Waals surface area contributed by atoms with Crippen LogP contribution in [-0.2, 0) is 4.79 Å². The maximum atomic E-state index is 11.9. The van der Waals surface area contributed by atoms with Crippen molar-refractivity contribution in [1.82, 2.24) is 5.43 Å². The van der Waals surface area contributed by atoms with E-state index in [4.69, 9.17) is 14.2 Å². The Morgan fingerprint density at radius 1 is 1.21 bits per heavy atom. The van der Waals surface area contributed by atoms with Crippen molar-refractivity contribution >= 4 is 51.6 Å². The summed E-state index contributed by atoms with van der Waals surface area (Å²) >= 11 is 7.36. The molecule has 2 aliphatic rings. The molecule has 2 aromatic carbocycles. The number of benzene rings is 2. The first-order valence-electron chi connectivity index (χ1n) is 8.56. The van der Waals surface area contributed by atoms with Gasteiger partial charge in [-0.1, -0.05) is 12.1 Å². The summed E-state index contributed by atoms with van der Waals surface area (Å²) in [5, 5.41) is 3.97. The third-order valence-corrected chi connectivity index (χ3v) is 7.82. The molecule has 1 N–H and O–H groups in total. The lowest BCUT2D eigenvalue weighted by Gasteiger charge is -2.10. The van der Waals surface area contributed by atoms with Gasteiger partial charge in [-0.25, -0.2) is 5.43 Å². The fraction of sp³-hybridized carbons (Fsp3) is 0.263. The number of thioether (sulfide) groups is 2. The second-order valence-electron chi connectivity index (χ2n) is 5.95. The number of ether oxygens (including phenoxy) is 3. The molecule has 1 amide bonds. The lowest BCUT2D eigenvalue weighted by molar-refractivity contribution is -0.123. The molecule has 1 saturated heterocycles. The summed E-state index contributed by atoms with van der Waals surface area (Å²) in [4.78, 5) is 11.9. The lowest BCUT2D eigenvalue weighted by Crippen LogP contribution is -2.24. The van der Waals surface area contributed by atoms with Gasteiger partial charge < -0.3 is 14.2 Å². The largest absolute Gasteiger partial charge is 0.484 e. The summed E-state index contributed by atoms with van der Waals surface area (Å²) in [5.41, 5.74) is 4.51. The summed E-state index contributed by atoms with van der Waals surface area (Å²) < 4.78 is 17.5. The van der Waals surface area contributed by atoms with E-state index >= 15 is 0 Å². The molecule has 0 spiro atoms. The highest BCUT2D eigenvalue weighted by molar-refractivity contribution is 9.10. The highest BCUT2D eigenvalue weighted by Gasteiger charge is 2.18. The average molecular weight is 481 g/mol. The van der Waals surface area contributed by atoms with Gasteiger partial charge in [0.15, 0.2) is 18.1 Å². The first-order chi connectivity index (χ1) is 13.7. The molecule has 0 aromatic heterocycles. The predicted octanol–water partition coefficient (Wildman–Crippen LogP) is 4.19. The maximum Gasteiger partial charge on any atom is 0.277 e. The van der Waals surface area contributed by atoms with E-state index in [1.807, 2.05) is 35.7 Å². The van der Waals surface area contributed by atoms with Gasteiger partial charge in [-0.2, -0.15) is 5.10 Å². The molecule has 0 bridgehead atoms. The van der Waals surface area contributed by atoms with E-state index < -0.39 is 0 Å². The summed E-state index contributed by atoms with van der Waals surface area (Å²) in [5.74, 6) is 4.04. The quantitative estimate of drug-likeness (QED) is 0.493. The molecule has 28 heavy (non-hydrogen) atoms. The van der Waals surface area contributed by atoms with Crippen LogP contribution < -0.4 is 19.6 Å². The summed E-state index contributed by atoms with van der Waals surface area (Å²) in [6, 6.07) is 11.5. The number of halogens is 1. The van der Waals surface area contributed by atoms with Gasteiger partial charge in [-0.3, -0.25) is 4.79 Å². The van der Waals surface area contributed by atoms with Crippen molar-refractivity contribution < 1.29 is 19.0 Å². The number of carbonyl (C=O) groups is 1. The number of amides is 1. The minimum Gasteiger partial charge on any atom is -0.484 e. The van der Waals surface area contributed by atoms with Crippen molar-refractivity contribution in [3.05, 3.63) is 52.0 Å². The van der Waals surface area contributed by atoms with Gasteiger partial charge in [0.2, 0.25) is 6.79 Å². The van der Waals surface area contributed by atoms with Gasteiger partial charge in [-0.05, 0) is 45.8 Å². The highest BCUT2D eigenvalue weighted by atomic mass is 79.9. The molecule has 0 radical (unpaired) electrons. The molecular formula is C19H17BrN2O4S2. The normalized spacial score (nSPS) is 15.9. The number of carbonyl (C=O) groups excluding carboxylic acids is 1. The number of rotatable bonds is 6. The van der Waals surface area contributed by atoms with Crippen molar-refractivity contribution in [3.63, 3.8) is 0 Å². The van der Waals surface area contributed by atoms with E-state index in [1.54, 1.807) is 12.1 Å². The van der Waals surface area contributed by atoms with Crippen molar-refractivity contribution in [3.8, 4) is 17.2 Å². The van der Waals surface area contributed by atoms with Crippen molar-refractivity contribution in [2.24, 2.45) is 5.10 Å². The van der Waals surface area contributed by atoms with Gasteiger partial charge in [0.05, 0.1) is 10.8 Å². The van der Waals surface area contributed by atoms with E-state index in [1.165, 1.54) is 23.3 Å². The first kappa shape index (κ1) is 19.5. The number of hydrazone groups is 1. The number of hydrogen-bond acceptors (Lipinski definition) is 7. The van der Waals surface area contributed by atoms with Gasteiger partial charge in [-0.15, -0.1) is 23.5 Å². The van der Waals surface area contributed by atoms with Crippen LogP contribution in [0.1, 0.15) is 15.7 Å². The molecule has 9 heteroatoms. The molecule has 0 atom stereocenters. The first-order valence-corrected chi connectivity index (χ1v) is 11.4. The second-order valence-corrected chi connectivity index (χ2v) is 9.53. The summed E-state index contributed by atoms with van der Waals surface area (Å²) in [6.07, 6.45) is 1.54. The molecule has 0 saturated carbocycles. The minimum absolute atomic E-state index is 0.105. The van der Waals surface area contributed by atoms with Gasteiger partial charge >= 0.3 is 0 Å². The number of nitrogens with one attached hydrogen (secondary N) is 1. The monoisotopic (exact) mass is 480 g/mol. The van der Waals surface area contributed by atoms with E-state index in [-0.39, 0.29) is 19.3 Å². The summed E-state index contributed by atoms with van der Waals surface area (Å²) in [7, 11) is 0. The zero-order valence-electron chi connectivity index (χ0n) is 14.7. The molecule has 0 aliphatic carbocycles. The Morgan fingerprint density at radius 2 is 1.93 bits per heavy atom. The predicted molar refractivity (Wildman–Crippen MR) is 116 cm³/mol. The smallest absolute Gasteiger partial charge is 0.277 e. The van der Waals surface area contributed by atoms with Crippen molar-refractivity contribution in [2.45, 2.75) is 4.58 Å². The van der Waals surface area contributed by atoms with Crippen LogP contribution in [-0.4, -0.2) is 37.0 Å². The standard InChI is InChI=1S/C19H17BrN2O4S2/c20-15-8-17-16(25-11-26-17)7-13(15)9-21-22-18(23)10-24-14-3-1-12(2-4-14)19-27-5-6-28-19/h1-4,7-9,19H,5-6,10-11H2,(H,22,23)/b21-9+. The minimum atomic E-state index is -0.334. The van der Waals surface area contributed by atoms with Crippen LogP contribution in [0.5, 0.6) is 17.2 Å². The van der Waals surface area contributed by atoms with Crippen LogP contribution in [0.25, 0.3) is 0 Å². The van der Waals surface area contributed by atoms with E-state index in [0.717, 1.165) is 10.0 Å². The maximum absolute atomic E-state index is 11.9. The van der Waals surface area contributed by atoms with Crippen LogP contribution in [0.3, 0.4) is 0 Å². The molecule has 146 valence electrons. The van der Waals surface area contributed by atoms with Crippen molar-refractivity contribution in [1.29, 1.82) is 0 Å². The Bertz CT molecular complexity index is 886. The van der Waals surface area contributed by atoms with Crippen LogP contribution >= 0.6 is 39.5 Å². The molecule has 0 unspecified atom stereocenters. The molecule has 6 nitrogen and oxygen atoms in total. The molecule has 4 rings (SSSR count). The fourth-order valence-electron chi connectivity index (χ4n) is 2.66. The Hall–Kier alpha value is -1.84. The molecular weight excluding hydrogens is 464 g/mol. The fourth-order valence-corrected chi connectivity index (χ4v) is 5.94. The van der Waals surface area contributed by atoms with Gasteiger partial charge in [0.1, 0.15) is 5.75 Å². The summed E-state index contributed by atoms with van der Waals surface area (Å²) in [6.45, 7) is 0.0989. The van der Waals surface area contributed by atoms with Crippen LogP contribution in [0.2, 0.25) is 0 Å². The Labute approximate surface area is 179 Å². The van der Waals surface area contributed by atoms with Crippen molar-refractivity contribution in [2.75, 3.05) is 24.9 Å². The third-order valence-electron chi connectivity index (χ3n) is 4.03. The third kappa shape index (κ3) is 4.76. The van der Waals surface area contributed by atoms with Crippen LogP contribution in [0.4, 0.5) is 0 Å². The van der Waals surface area contributed by atoms with E-state index in [9.17, 15) is 4.79 Å². The van der Waals surface area contributed by atoms with E-state index in [0.29, 0.717) is 21.8 Å². The van der Waals surface area contributed by atoms with Crippen LogP contribution in [0, 0.1) is 0 Å². The number of nitrogens with zero attached hydrogens (tertiary/aromatic N) is 1. The zero-order valence-corrected chi connectivity index (χ0v) is 17.9. The Morgan fingerprint density at radius 3 is 2.68 bits per heavy atom. The zero-order chi connectivity index (χ0) is 19.3. The average Bonchev–Trinajstić information content (AvgIpc) is 3.39. The van der Waals surface area contributed by atoms with E-state index in [2.05, 4.69) is 38.6 Å². The molecule has 2 heterocycles. The Balaban J connectivity index is 1.26. The second kappa shape index (κ2) is 9.11. The highest BCUT2D eigenvalue weighted by Crippen LogP contribution is 2.45. The molecule has 2 aromatic rings. The van der Waals surface area contributed by atoms with Gasteiger partial charge in [0, 0.05) is 21.5 Å². The topological polar surface area (TPSA) is 69.2 Å². The number of hydrogen-bond donors (Lipinski definition) is 1. The Kier molecular flexibility index (Phi) is 6.33. The molecule has 1 fully saturated rings. The SMILES string of the molecule is O=C(COc1ccc(C2SCCS2)cc1)N/N=C/c1cc2c(cc1Br)OCO2. The van der Waals surface area contributed by atoms with Gasteiger partial charge in [0.25, 0.3) is 5.91 Å². The van der Waals surface area contributed by atoms with Crippen LogP contribution in [0.15, 0.2) is 46.0 Å². The molecule has 2 aliphatic heterocycles.